The SMILES string of the molecule is [2H]C([2H])(C#C)Oc1cnc(C(=O)Nc2cc(F)c(F)c([C@@]3(C)N=C(N)S[C@@]4(OC)C[C@H]43)c2)cn1. The first kappa shape index (κ1) is 19.5. The predicted molar refractivity (Wildman–Crippen MR) is 115 cm³/mol. The van der Waals surface area contributed by atoms with Crippen molar-refractivity contribution in [3.05, 3.63) is 47.4 Å². The third-order valence-electron chi connectivity index (χ3n) is 5.41. The smallest absolute Gasteiger partial charge is 0.275 e. The number of thioether (sulfide) groups is 1. The van der Waals surface area contributed by atoms with Gasteiger partial charge in [0, 0.05) is 30.3 Å². The van der Waals surface area contributed by atoms with Gasteiger partial charge < -0.3 is 20.5 Å². The summed E-state index contributed by atoms with van der Waals surface area (Å²) >= 11 is 1.25. The van der Waals surface area contributed by atoms with Crippen molar-refractivity contribution < 1.29 is 25.8 Å². The molecule has 2 heterocycles. The van der Waals surface area contributed by atoms with Crippen LogP contribution in [0.1, 0.15) is 32.1 Å². The molecule has 1 aromatic heterocycles. The van der Waals surface area contributed by atoms with Crippen molar-refractivity contribution >= 4 is 28.5 Å². The van der Waals surface area contributed by atoms with Crippen LogP contribution in [0, 0.1) is 29.9 Å². The van der Waals surface area contributed by atoms with E-state index in [9.17, 15) is 13.6 Å². The molecule has 0 spiro atoms. The van der Waals surface area contributed by atoms with E-state index in [1.807, 2.05) is 0 Å². The maximum atomic E-state index is 14.9. The molecule has 1 fully saturated rings. The van der Waals surface area contributed by atoms with Crippen LogP contribution >= 0.6 is 11.8 Å². The van der Waals surface area contributed by atoms with Gasteiger partial charge in [-0.25, -0.2) is 18.7 Å². The number of aromatic nitrogens is 2. The second kappa shape index (κ2) is 8.03. The molecule has 0 saturated heterocycles. The molecule has 2 aromatic rings. The number of carbonyl (C=O) groups excluding carboxylic acids is 1. The van der Waals surface area contributed by atoms with Gasteiger partial charge in [-0.15, -0.1) is 6.42 Å². The van der Waals surface area contributed by atoms with Crippen LogP contribution < -0.4 is 15.8 Å². The van der Waals surface area contributed by atoms with Crippen molar-refractivity contribution in [2.45, 2.75) is 23.8 Å². The standard InChI is InChI=1S/C21H19F2N5O3S/c1-4-5-31-16-10-25-14(9-26-16)18(29)27-11-6-12(17(23)13(22)7-11)20(2)15-8-21(15,30-3)32-19(24)28-20/h1,6-7,9-10,15H,5,8H2,2-3H3,(H2,24,28)(H,27,29)/t15-,20+,21-/m0/s1/i5D2. The lowest BCUT2D eigenvalue weighted by atomic mass is 9.86. The largest absolute Gasteiger partial charge is 0.463 e. The Labute approximate surface area is 189 Å². The minimum atomic E-state index is -2.40. The number of aliphatic imine (C=N–C) groups is 1. The lowest BCUT2D eigenvalue weighted by molar-refractivity contribution is 0.102. The average Bonchev–Trinajstić information content (AvgIpc) is 3.52. The highest BCUT2D eigenvalue weighted by Crippen LogP contribution is 2.66. The lowest BCUT2D eigenvalue weighted by Gasteiger charge is -2.33. The maximum Gasteiger partial charge on any atom is 0.275 e. The Morgan fingerprint density at radius 2 is 2.25 bits per heavy atom. The number of carbonyl (C=O) groups is 1. The van der Waals surface area contributed by atoms with Crippen molar-refractivity contribution in [2.75, 3.05) is 19.0 Å². The summed E-state index contributed by atoms with van der Waals surface area (Å²) in [5.74, 6) is -1.72. The van der Waals surface area contributed by atoms with Gasteiger partial charge in [-0.1, -0.05) is 17.7 Å². The normalized spacial score (nSPS) is 27.2. The minimum Gasteiger partial charge on any atom is -0.463 e. The molecule has 1 saturated carbocycles. The summed E-state index contributed by atoms with van der Waals surface area (Å²) in [5.41, 5.74) is 4.48. The minimum absolute atomic E-state index is 0.0263. The number of anilines is 1. The van der Waals surface area contributed by atoms with Gasteiger partial charge in [0.25, 0.3) is 5.91 Å². The molecular weight excluding hydrogens is 440 g/mol. The summed E-state index contributed by atoms with van der Waals surface area (Å²) in [6, 6.07) is 2.14. The molecule has 11 heteroatoms. The molecule has 0 radical (unpaired) electrons. The van der Waals surface area contributed by atoms with Crippen LogP contribution in [0.5, 0.6) is 5.88 Å². The van der Waals surface area contributed by atoms with Crippen LogP contribution in [0.25, 0.3) is 0 Å². The number of benzene rings is 1. The Hall–Kier alpha value is -3.23. The third kappa shape index (κ3) is 3.76. The van der Waals surface area contributed by atoms with E-state index in [4.69, 9.17) is 24.4 Å². The molecule has 4 rings (SSSR count). The summed E-state index contributed by atoms with van der Waals surface area (Å²) in [7, 11) is 1.53. The molecular formula is C21H19F2N5O3S. The van der Waals surface area contributed by atoms with Crippen LogP contribution in [0.3, 0.4) is 0 Å². The monoisotopic (exact) mass is 461 g/mol. The van der Waals surface area contributed by atoms with Crippen LogP contribution in [0.15, 0.2) is 29.5 Å². The Balaban J connectivity index is 1.59. The van der Waals surface area contributed by atoms with Gasteiger partial charge in [0.2, 0.25) is 5.88 Å². The zero-order valence-electron chi connectivity index (χ0n) is 19.0. The first-order chi connectivity index (χ1) is 15.9. The van der Waals surface area contributed by atoms with Crippen LogP contribution in [-0.2, 0) is 10.3 Å². The zero-order chi connectivity index (χ0) is 24.9. The number of rotatable bonds is 6. The van der Waals surface area contributed by atoms with Crippen LogP contribution in [-0.4, -0.2) is 39.6 Å². The fraction of sp³-hybridized carbons (Fsp3) is 0.333. The van der Waals surface area contributed by atoms with Crippen molar-refractivity contribution in [1.82, 2.24) is 9.97 Å². The molecule has 0 unspecified atom stereocenters. The van der Waals surface area contributed by atoms with Gasteiger partial charge >= 0.3 is 0 Å². The number of amidine groups is 1. The fourth-order valence-electron chi connectivity index (χ4n) is 3.78. The Morgan fingerprint density at radius 1 is 1.47 bits per heavy atom. The van der Waals surface area contributed by atoms with Crippen LogP contribution in [0.2, 0.25) is 0 Å². The molecule has 8 nitrogen and oxygen atoms in total. The van der Waals surface area contributed by atoms with Gasteiger partial charge in [0.15, 0.2) is 23.4 Å². The average molecular weight is 461 g/mol. The molecule has 0 bridgehead atoms. The van der Waals surface area contributed by atoms with E-state index in [-0.39, 0.29) is 33.9 Å². The summed E-state index contributed by atoms with van der Waals surface area (Å²) in [5, 5.41) is 2.65. The van der Waals surface area contributed by atoms with E-state index in [2.05, 4.69) is 20.3 Å². The number of amides is 1. The number of halogens is 2. The number of methoxy groups -OCH3 is 1. The number of fused-ring (bicyclic) bond motifs is 1. The maximum absolute atomic E-state index is 14.9. The fourth-order valence-corrected chi connectivity index (χ4v) is 5.07. The second-order valence-corrected chi connectivity index (χ2v) is 8.65. The summed E-state index contributed by atoms with van der Waals surface area (Å²) in [6.45, 7) is -0.754. The molecule has 3 atom stereocenters. The summed E-state index contributed by atoms with van der Waals surface area (Å²) in [4.78, 5) is 24.0. The van der Waals surface area contributed by atoms with E-state index in [1.54, 1.807) is 12.8 Å². The molecule has 3 N–H and O–H groups in total. The number of ether oxygens (including phenoxy) is 2. The number of nitrogens with two attached hydrogens (primary N) is 1. The molecule has 32 heavy (non-hydrogen) atoms. The molecule has 1 amide bonds. The van der Waals surface area contributed by atoms with Gasteiger partial charge in [-0.2, -0.15) is 0 Å². The Morgan fingerprint density at radius 3 is 2.91 bits per heavy atom. The summed E-state index contributed by atoms with van der Waals surface area (Å²) in [6.07, 6.45) is 7.60. The van der Waals surface area contributed by atoms with Crippen molar-refractivity contribution in [3.63, 3.8) is 0 Å². The van der Waals surface area contributed by atoms with Crippen molar-refractivity contribution in [1.29, 1.82) is 0 Å². The highest BCUT2D eigenvalue weighted by atomic mass is 32.2. The molecule has 2 aliphatic rings. The van der Waals surface area contributed by atoms with Crippen molar-refractivity contribution in [2.24, 2.45) is 16.6 Å². The number of nitrogens with zero attached hydrogens (tertiary/aromatic N) is 3. The third-order valence-corrected chi connectivity index (χ3v) is 6.67. The van der Waals surface area contributed by atoms with Gasteiger partial charge in [-0.3, -0.25) is 9.79 Å². The van der Waals surface area contributed by atoms with Gasteiger partial charge in [0.05, 0.1) is 20.7 Å². The number of terminal acetylenes is 1. The molecule has 1 aliphatic heterocycles. The Bertz CT molecular complexity index is 1240. The number of nitrogens with one attached hydrogen (secondary N) is 1. The number of hydrogen-bond donors (Lipinski definition) is 2. The second-order valence-electron chi connectivity index (χ2n) is 7.33. The number of hydrogen-bond acceptors (Lipinski definition) is 8. The Kier molecular flexibility index (Phi) is 4.88. The first-order valence-electron chi connectivity index (χ1n) is 10.3. The highest BCUT2D eigenvalue weighted by molar-refractivity contribution is 8.15. The van der Waals surface area contributed by atoms with E-state index in [0.29, 0.717) is 6.42 Å². The van der Waals surface area contributed by atoms with E-state index in [1.165, 1.54) is 24.9 Å². The quantitative estimate of drug-likeness (QED) is 0.636. The van der Waals surface area contributed by atoms with Crippen LogP contribution in [0.4, 0.5) is 14.5 Å². The highest BCUT2D eigenvalue weighted by Gasteiger charge is 2.67. The molecule has 1 aromatic carbocycles. The topological polar surface area (TPSA) is 112 Å². The molecule has 1 aliphatic carbocycles. The van der Waals surface area contributed by atoms with Gasteiger partial charge in [0.1, 0.15) is 10.6 Å². The lowest BCUT2D eigenvalue weighted by Crippen LogP contribution is -2.37. The van der Waals surface area contributed by atoms with E-state index in [0.717, 1.165) is 18.5 Å². The summed E-state index contributed by atoms with van der Waals surface area (Å²) < 4.78 is 54.6. The van der Waals surface area contributed by atoms with E-state index >= 15 is 0 Å². The van der Waals surface area contributed by atoms with Crippen molar-refractivity contribution in [3.8, 4) is 18.2 Å². The van der Waals surface area contributed by atoms with E-state index < -0.39 is 34.6 Å². The predicted octanol–water partition coefficient (Wildman–Crippen LogP) is 2.66. The molecule has 166 valence electrons. The first-order valence-corrected chi connectivity index (χ1v) is 10.1. The zero-order valence-corrected chi connectivity index (χ0v) is 17.8. The van der Waals surface area contributed by atoms with Gasteiger partial charge in [-0.05, 0) is 19.4 Å².